The first kappa shape index (κ1) is 18.2. The number of para-hydroxylation sites is 2. The van der Waals surface area contributed by atoms with Crippen LogP contribution in [0.4, 0.5) is 11.4 Å². The highest BCUT2D eigenvalue weighted by Crippen LogP contribution is 2.21. The fourth-order valence-corrected chi connectivity index (χ4v) is 2.52. The van der Waals surface area contributed by atoms with E-state index in [4.69, 9.17) is 9.47 Å². The number of carbonyl (C=O) groups excluding carboxylic acids is 2. The summed E-state index contributed by atoms with van der Waals surface area (Å²) in [5.74, 6) is -0.181. The summed E-state index contributed by atoms with van der Waals surface area (Å²) in [7, 11) is 1.56. The number of anilines is 2. The number of rotatable bonds is 7. The van der Waals surface area contributed by atoms with Crippen molar-refractivity contribution in [2.75, 3.05) is 19.0 Å². The Bertz CT molecular complexity index is 921. The topological polar surface area (TPSA) is 64.6 Å². The predicted molar refractivity (Wildman–Crippen MR) is 104 cm³/mol. The molecule has 0 fully saturated rings. The molecular formula is C22H19NO4. The summed E-state index contributed by atoms with van der Waals surface area (Å²) >= 11 is 0. The van der Waals surface area contributed by atoms with E-state index in [1.165, 1.54) is 0 Å². The summed E-state index contributed by atoms with van der Waals surface area (Å²) in [6.45, 7) is -0.329. The van der Waals surface area contributed by atoms with E-state index in [-0.39, 0.29) is 12.4 Å². The van der Waals surface area contributed by atoms with Gasteiger partial charge in [-0.25, -0.2) is 4.79 Å². The molecule has 0 heterocycles. The zero-order valence-corrected chi connectivity index (χ0v) is 14.8. The van der Waals surface area contributed by atoms with Crippen molar-refractivity contribution in [3.05, 3.63) is 90.0 Å². The molecule has 5 heteroatoms. The first-order valence-corrected chi connectivity index (χ1v) is 8.43. The third-order valence-corrected chi connectivity index (χ3v) is 3.95. The molecule has 27 heavy (non-hydrogen) atoms. The molecule has 3 rings (SSSR count). The smallest absolute Gasteiger partial charge is 0.340 e. The van der Waals surface area contributed by atoms with Crippen molar-refractivity contribution in [2.45, 2.75) is 0 Å². The fraction of sp³-hybridized carbons (Fsp3) is 0.0909. The van der Waals surface area contributed by atoms with E-state index in [1.807, 2.05) is 36.4 Å². The molecule has 0 spiro atoms. The Hall–Kier alpha value is -3.60. The van der Waals surface area contributed by atoms with Crippen molar-refractivity contribution < 1.29 is 19.1 Å². The minimum atomic E-state index is -0.559. The number of esters is 1. The van der Waals surface area contributed by atoms with Crippen molar-refractivity contribution in [2.24, 2.45) is 0 Å². The maximum atomic E-state index is 12.5. The summed E-state index contributed by atoms with van der Waals surface area (Å²) in [6.07, 6.45) is 0. The van der Waals surface area contributed by atoms with E-state index in [9.17, 15) is 9.59 Å². The van der Waals surface area contributed by atoms with Crippen molar-refractivity contribution in [1.82, 2.24) is 0 Å². The molecule has 0 saturated carbocycles. The minimum Gasteiger partial charge on any atom is -0.497 e. The predicted octanol–water partition coefficient (Wildman–Crippen LogP) is 4.48. The number of hydrogen-bond donors (Lipinski definition) is 1. The van der Waals surface area contributed by atoms with Crippen LogP contribution in [0.1, 0.15) is 20.7 Å². The van der Waals surface area contributed by atoms with E-state index < -0.39 is 5.97 Å². The Balaban J connectivity index is 1.66. The minimum absolute atomic E-state index is 0.278. The molecule has 5 nitrogen and oxygen atoms in total. The lowest BCUT2D eigenvalue weighted by Gasteiger charge is -2.11. The number of ketones is 1. The lowest BCUT2D eigenvalue weighted by molar-refractivity contribution is 0.0475. The number of methoxy groups -OCH3 is 1. The van der Waals surface area contributed by atoms with Crippen LogP contribution in [0.2, 0.25) is 0 Å². The molecule has 0 aromatic heterocycles. The Morgan fingerprint density at radius 1 is 0.852 bits per heavy atom. The first-order valence-electron chi connectivity index (χ1n) is 8.43. The monoisotopic (exact) mass is 361 g/mol. The van der Waals surface area contributed by atoms with Crippen molar-refractivity contribution in [3.8, 4) is 5.75 Å². The summed E-state index contributed by atoms with van der Waals surface area (Å²) < 4.78 is 10.3. The lowest BCUT2D eigenvalue weighted by atomic mass is 10.1. The summed E-state index contributed by atoms with van der Waals surface area (Å²) in [6, 6.07) is 23.2. The quantitative estimate of drug-likeness (QED) is 0.497. The van der Waals surface area contributed by atoms with Crippen LogP contribution in [-0.4, -0.2) is 25.5 Å². The van der Waals surface area contributed by atoms with Gasteiger partial charge in [-0.1, -0.05) is 30.3 Å². The molecule has 0 radical (unpaired) electrons. The molecule has 0 atom stereocenters. The van der Waals surface area contributed by atoms with Crippen LogP contribution in [0.5, 0.6) is 5.75 Å². The van der Waals surface area contributed by atoms with Crippen LogP contribution in [0.25, 0.3) is 0 Å². The molecule has 0 aliphatic carbocycles. The zero-order valence-electron chi connectivity index (χ0n) is 14.8. The van der Waals surface area contributed by atoms with Crippen molar-refractivity contribution >= 4 is 23.1 Å². The summed E-state index contributed by atoms with van der Waals surface area (Å²) in [5.41, 5.74) is 2.29. The molecule has 0 amide bonds. The van der Waals surface area contributed by atoms with Crippen LogP contribution < -0.4 is 10.1 Å². The van der Waals surface area contributed by atoms with E-state index in [0.29, 0.717) is 22.6 Å². The molecule has 1 N–H and O–H groups in total. The van der Waals surface area contributed by atoms with Gasteiger partial charge >= 0.3 is 5.97 Å². The second kappa shape index (κ2) is 8.67. The number of Topliss-reactive ketones (excluding diaryl/α,β-unsaturated/α-hetero) is 1. The number of carbonyl (C=O) groups is 2. The third-order valence-electron chi connectivity index (χ3n) is 3.95. The number of nitrogens with one attached hydrogen (secondary N) is 1. The van der Waals surface area contributed by atoms with Gasteiger partial charge in [0.15, 0.2) is 12.4 Å². The van der Waals surface area contributed by atoms with Crippen molar-refractivity contribution in [1.29, 1.82) is 0 Å². The number of hydrogen-bond acceptors (Lipinski definition) is 5. The van der Waals surface area contributed by atoms with Gasteiger partial charge in [0.25, 0.3) is 0 Å². The molecule has 0 bridgehead atoms. The largest absolute Gasteiger partial charge is 0.497 e. The molecule has 3 aromatic carbocycles. The van der Waals surface area contributed by atoms with E-state index >= 15 is 0 Å². The van der Waals surface area contributed by atoms with Gasteiger partial charge in [-0.15, -0.1) is 0 Å². The fourth-order valence-electron chi connectivity index (χ4n) is 2.52. The molecule has 0 saturated heterocycles. The van der Waals surface area contributed by atoms with E-state index in [2.05, 4.69) is 5.32 Å². The Kier molecular flexibility index (Phi) is 5.84. The highest BCUT2D eigenvalue weighted by molar-refractivity contribution is 6.01. The second-order valence-corrected chi connectivity index (χ2v) is 5.76. The molecule has 0 aliphatic heterocycles. The van der Waals surface area contributed by atoms with Crippen LogP contribution in [-0.2, 0) is 4.74 Å². The van der Waals surface area contributed by atoms with Gasteiger partial charge in [-0.2, -0.15) is 0 Å². The third kappa shape index (κ3) is 4.73. The highest BCUT2D eigenvalue weighted by Gasteiger charge is 2.15. The molecular weight excluding hydrogens is 342 g/mol. The Morgan fingerprint density at radius 2 is 1.52 bits per heavy atom. The normalized spacial score (nSPS) is 10.1. The van der Waals surface area contributed by atoms with Crippen LogP contribution in [0.15, 0.2) is 78.9 Å². The van der Waals surface area contributed by atoms with Gasteiger partial charge in [0.1, 0.15) is 5.75 Å². The molecule has 136 valence electrons. The van der Waals surface area contributed by atoms with Gasteiger partial charge in [0.2, 0.25) is 0 Å². The van der Waals surface area contributed by atoms with Gasteiger partial charge < -0.3 is 14.8 Å². The average molecular weight is 361 g/mol. The number of benzene rings is 3. The Labute approximate surface area is 157 Å². The lowest BCUT2D eigenvalue weighted by Crippen LogP contribution is -2.15. The standard InChI is InChI=1S/C22H19NO4/c1-26-18-13-11-16(12-14-18)21(24)15-27-22(25)19-9-5-6-10-20(19)23-17-7-3-2-4-8-17/h2-14,23H,15H2,1H3. The number of ether oxygens (including phenoxy) is 2. The molecule has 3 aromatic rings. The maximum absolute atomic E-state index is 12.5. The SMILES string of the molecule is COc1ccc(C(=O)COC(=O)c2ccccc2Nc2ccccc2)cc1. The summed E-state index contributed by atoms with van der Waals surface area (Å²) in [5, 5.41) is 3.19. The zero-order chi connectivity index (χ0) is 19.1. The molecule has 0 unspecified atom stereocenters. The Morgan fingerprint density at radius 3 is 2.22 bits per heavy atom. The van der Waals surface area contributed by atoms with Gasteiger partial charge in [-0.3, -0.25) is 4.79 Å². The van der Waals surface area contributed by atoms with Gasteiger partial charge in [-0.05, 0) is 48.5 Å². The average Bonchev–Trinajstić information content (AvgIpc) is 2.73. The van der Waals surface area contributed by atoms with Crippen LogP contribution in [0.3, 0.4) is 0 Å². The first-order chi connectivity index (χ1) is 13.2. The maximum Gasteiger partial charge on any atom is 0.340 e. The van der Waals surface area contributed by atoms with Crippen LogP contribution >= 0.6 is 0 Å². The second-order valence-electron chi connectivity index (χ2n) is 5.76. The van der Waals surface area contributed by atoms with Gasteiger partial charge in [0.05, 0.1) is 18.4 Å². The van der Waals surface area contributed by atoms with Gasteiger partial charge in [0, 0.05) is 11.3 Å². The molecule has 0 aliphatic rings. The van der Waals surface area contributed by atoms with E-state index in [0.717, 1.165) is 5.69 Å². The highest BCUT2D eigenvalue weighted by atomic mass is 16.5. The van der Waals surface area contributed by atoms with Crippen LogP contribution in [0, 0.1) is 0 Å². The van der Waals surface area contributed by atoms with E-state index in [1.54, 1.807) is 49.6 Å². The van der Waals surface area contributed by atoms with Crippen molar-refractivity contribution in [3.63, 3.8) is 0 Å². The summed E-state index contributed by atoms with van der Waals surface area (Å²) in [4.78, 5) is 24.7.